The number of para-hydroxylation sites is 1. The van der Waals surface area contributed by atoms with Crippen molar-refractivity contribution >= 4 is 10.1 Å². The molecule has 9 heteroatoms. The highest BCUT2D eigenvalue weighted by molar-refractivity contribution is 7.85. The zero-order valence-corrected chi connectivity index (χ0v) is 14.8. The Morgan fingerprint density at radius 1 is 0.889 bits per heavy atom. The first-order valence-corrected chi connectivity index (χ1v) is 9.71. The predicted octanol–water partition coefficient (Wildman–Crippen LogP) is 4.99. The van der Waals surface area contributed by atoms with Gasteiger partial charge in [0.25, 0.3) is 0 Å². The zero-order chi connectivity index (χ0) is 19.8. The summed E-state index contributed by atoms with van der Waals surface area (Å²) < 4.78 is 94.0. The number of halogens is 4. The van der Waals surface area contributed by atoms with Crippen molar-refractivity contribution in [1.29, 1.82) is 0 Å². The van der Waals surface area contributed by atoms with Crippen molar-refractivity contribution in [2.75, 3.05) is 0 Å². The van der Waals surface area contributed by atoms with Gasteiger partial charge in [-0.05, 0) is 30.4 Å². The van der Waals surface area contributed by atoms with E-state index in [-0.39, 0.29) is 11.7 Å². The summed E-state index contributed by atoms with van der Waals surface area (Å²) in [5.74, 6) is -10.1. The lowest BCUT2D eigenvalue weighted by Crippen LogP contribution is -2.12. The van der Waals surface area contributed by atoms with Gasteiger partial charge < -0.3 is 9.29 Å². The number of benzene rings is 2. The first kappa shape index (κ1) is 19.6. The van der Waals surface area contributed by atoms with Crippen LogP contribution in [-0.2, 0) is 10.1 Å². The fourth-order valence-corrected chi connectivity index (χ4v) is 3.95. The minimum atomic E-state index is -5.76. The van der Waals surface area contributed by atoms with Gasteiger partial charge in [0.1, 0.15) is 20.8 Å². The largest absolute Gasteiger partial charge is 0.744 e. The van der Waals surface area contributed by atoms with E-state index in [2.05, 4.69) is 0 Å². The lowest BCUT2D eigenvalue weighted by molar-refractivity contribution is 0.340. The Labute approximate surface area is 153 Å². The third-order valence-electron chi connectivity index (χ3n) is 4.61. The van der Waals surface area contributed by atoms with Gasteiger partial charge in [-0.1, -0.05) is 37.5 Å². The molecule has 0 spiro atoms. The molecular formula is C18H15F4O4S-. The second-order valence-corrected chi connectivity index (χ2v) is 7.66. The number of ether oxygens (including phenoxy) is 1. The summed E-state index contributed by atoms with van der Waals surface area (Å²) in [6, 6.07) is 6.33. The van der Waals surface area contributed by atoms with E-state index in [9.17, 15) is 30.5 Å². The zero-order valence-electron chi connectivity index (χ0n) is 14.0. The van der Waals surface area contributed by atoms with Gasteiger partial charge >= 0.3 is 0 Å². The molecule has 0 amide bonds. The van der Waals surface area contributed by atoms with Gasteiger partial charge in [0, 0.05) is 0 Å². The number of hydrogen-bond donors (Lipinski definition) is 0. The van der Waals surface area contributed by atoms with Crippen LogP contribution >= 0.6 is 0 Å². The van der Waals surface area contributed by atoms with Crippen LogP contribution in [0.15, 0.2) is 29.2 Å². The molecule has 0 bridgehead atoms. The molecule has 1 fully saturated rings. The van der Waals surface area contributed by atoms with Gasteiger partial charge in [-0.15, -0.1) is 0 Å². The van der Waals surface area contributed by atoms with Gasteiger partial charge in [-0.3, -0.25) is 0 Å². The third kappa shape index (κ3) is 3.79. The summed E-state index contributed by atoms with van der Waals surface area (Å²) in [6.45, 7) is 0. The van der Waals surface area contributed by atoms with Crippen LogP contribution in [-0.4, -0.2) is 13.0 Å². The Bertz CT molecular complexity index is 941. The van der Waals surface area contributed by atoms with Crippen molar-refractivity contribution in [1.82, 2.24) is 0 Å². The van der Waals surface area contributed by atoms with E-state index >= 15 is 0 Å². The lowest BCUT2D eigenvalue weighted by Gasteiger charge is -2.24. The fourth-order valence-electron chi connectivity index (χ4n) is 3.33. The molecule has 2 aromatic carbocycles. The van der Waals surface area contributed by atoms with Gasteiger partial charge in [0.05, 0.1) is 0 Å². The predicted molar refractivity (Wildman–Crippen MR) is 86.6 cm³/mol. The summed E-state index contributed by atoms with van der Waals surface area (Å²) in [6.07, 6.45) is 4.69. The number of rotatable bonds is 4. The average Bonchev–Trinajstić information content (AvgIpc) is 2.64. The van der Waals surface area contributed by atoms with E-state index in [0.717, 1.165) is 32.1 Å². The lowest BCUT2D eigenvalue weighted by atomic mass is 9.84. The van der Waals surface area contributed by atoms with Crippen LogP contribution in [0.2, 0.25) is 0 Å². The first-order chi connectivity index (χ1) is 12.7. The maximum absolute atomic E-state index is 14.2. The summed E-state index contributed by atoms with van der Waals surface area (Å²) in [5, 5.41) is 0. The summed E-state index contributed by atoms with van der Waals surface area (Å²) in [4.78, 5) is -2.20. The highest BCUT2D eigenvalue weighted by atomic mass is 32.2. The third-order valence-corrected chi connectivity index (χ3v) is 5.47. The molecule has 1 saturated carbocycles. The summed E-state index contributed by atoms with van der Waals surface area (Å²) >= 11 is 0. The highest BCUT2D eigenvalue weighted by Crippen LogP contribution is 2.41. The van der Waals surface area contributed by atoms with Crippen LogP contribution in [0.4, 0.5) is 17.6 Å². The Morgan fingerprint density at radius 2 is 1.44 bits per heavy atom. The van der Waals surface area contributed by atoms with Gasteiger partial charge in [-0.25, -0.2) is 17.2 Å². The van der Waals surface area contributed by atoms with Crippen molar-refractivity contribution in [3.05, 3.63) is 53.1 Å². The van der Waals surface area contributed by atoms with Crippen molar-refractivity contribution in [3.8, 4) is 11.5 Å². The molecule has 0 saturated heterocycles. The topological polar surface area (TPSA) is 66.4 Å². The van der Waals surface area contributed by atoms with Gasteiger partial charge in [0.15, 0.2) is 11.6 Å². The van der Waals surface area contributed by atoms with E-state index in [0.29, 0.717) is 5.56 Å². The van der Waals surface area contributed by atoms with Crippen LogP contribution < -0.4 is 4.74 Å². The Kier molecular flexibility index (Phi) is 5.43. The molecule has 0 N–H and O–H groups in total. The van der Waals surface area contributed by atoms with E-state index in [1.807, 2.05) is 0 Å². The molecule has 146 valence electrons. The van der Waals surface area contributed by atoms with Crippen molar-refractivity contribution in [2.45, 2.75) is 42.9 Å². The second kappa shape index (κ2) is 7.47. The SMILES string of the molecule is O=S(=O)([O-])c1c(F)c(F)c(Oc2ccccc2C2CCCCC2)c(F)c1F. The number of hydrogen-bond acceptors (Lipinski definition) is 4. The fraction of sp³-hybridized carbons (Fsp3) is 0.333. The van der Waals surface area contributed by atoms with E-state index in [1.54, 1.807) is 12.1 Å². The Hall–Kier alpha value is -2.13. The molecule has 0 aromatic heterocycles. The highest BCUT2D eigenvalue weighted by Gasteiger charge is 2.31. The van der Waals surface area contributed by atoms with Crippen LogP contribution in [0, 0.1) is 23.3 Å². The van der Waals surface area contributed by atoms with Crippen molar-refractivity contribution < 1.29 is 35.3 Å². The van der Waals surface area contributed by atoms with Crippen LogP contribution in [0.1, 0.15) is 43.6 Å². The smallest absolute Gasteiger partial charge is 0.205 e. The van der Waals surface area contributed by atoms with Crippen molar-refractivity contribution in [2.24, 2.45) is 0 Å². The first-order valence-electron chi connectivity index (χ1n) is 8.30. The maximum atomic E-state index is 14.2. The van der Waals surface area contributed by atoms with E-state index in [4.69, 9.17) is 4.74 Å². The summed E-state index contributed by atoms with van der Waals surface area (Å²) in [7, 11) is -5.76. The second-order valence-electron chi connectivity index (χ2n) is 6.34. The van der Waals surface area contributed by atoms with Crippen LogP contribution in [0.3, 0.4) is 0 Å². The minimum absolute atomic E-state index is 0.0127. The Balaban J connectivity index is 2.08. The molecule has 1 aliphatic rings. The molecule has 0 aliphatic heterocycles. The molecule has 0 heterocycles. The summed E-state index contributed by atoms with van der Waals surface area (Å²) in [5.41, 5.74) is 0.636. The van der Waals surface area contributed by atoms with Crippen LogP contribution in [0.5, 0.6) is 11.5 Å². The molecule has 27 heavy (non-hydrogen) atoms. The van der Waals surface area contributed by atoms with E-state index in [1.165, 1.54) is 12.1 Å². The Morgan fingerprint density at radius 3 is 2.00 bits per heavy atom. The molecular weight excluding hydrogens is 388 g/mol. The van der Waals surface area contributed by atoms with Gasteiger partial charge in [0.2, 0.25) is 17.4 Å². The van der Waals surface area contributed by atoms with Crippen molar-refractivity contribution in [3.63, 3.8) is 0 Å². The molecule has 1 aliphatic carbocycles. The maximum Gasteiger partial charge on any atom is 0.205 e. The van der Waals surface area contributed by atoms with Gasteiger partial charge in [-0.2, -0.15) is 8.78 Å². The standard InChI is InChI=1S/C18H16F4O4S/c19-13-15(21)18(27(23,24)25)16(22)14(20)17(13)26-12-9-5-4-8-11(12)10-6-2-1-3-7-10/h4-5,8-10H,1-3,6-7H2,(H,23,24,25)/p-1. The minimum Gasteiger partial charge on any atom is -0.744 e. The molecule has 0 atom stereocenters. The normalized spacial score (nSPS) is 15.7. The quantitative estimate of drug-likeness (QED) is 0.410. The molecule has 0 unspecified atom stereocenters. The average molecular weight is 403 g/mol. The molecule has 0 radical (unpaired) electrons. The van der Waals surface area contributed by atoms with E-state index < -0.39 is 44.0 Å². The molecule has 3 rings (SSSR count). The van der Waals surface area contributed by atoms with Crippen LogP contribution in [0.25, 0.3) is 0 Å². The monoisotopic (exact) mass is 403 g/mol. The molecule has 2 aromatic rings. The molecule has 4 nitrogen and oxygen atoms in total.